The zero-order chi connectivity index (χ0) is 13.0. The summed E-state index contributed by atoms with van der Waals surface area (Å²) in [6.07, 6.45) is 0.495. The van der Waals surface area contributed by atoms with Crippen molar-refractivity contribution in [1.29, 1.82) is 0 Å². The number of nitro groups is 1. The second kappa shape index (κ2) is 5.63. The zero-order valence-corrected chi connectivity index (χ0v) is 10.2. The van der Waals surface area contributed by atoms with Gasteiger partial charge in [0.2, 0.25) is 5.75 Å². The molecule has 0 unspecified atom stereocenters. The standard InChI is InChI=1S/C11H12ClNO4/c1-7(2)6-17-11-8(5-14)3-9(12)4-10(11)13(15)16/h3-5,7H,6H2,1-2H3. The predicted octanol–water partition coefficient (Wildman–Crippen LogP) is 3.10. The summed E-state index contributed by atoms with van der Waals surface area (Å²) in [6.45, 7) is 4.11. The van der Waals surface area contributed by atoms with E-state index in [1.54, 1.807) is 0 Å². The molecule has 1 aromatic carbocycles. The maximum Gasteiger partial charge on any atom is 0.313 e. The molecule has 0 aliphatic heterocycles. The average Bonchev–Trinajstić information content (AvgIpc) is 2.25. The largest absolute Gasteiger partial charge is 0.486 e. The molecule has 0 heterocycles. The van der Waals surface area contributed by atoms with Crippen molar-refractivity contribution in [1.82, 2.24) is 0 Å². The van der Waals surface area contributed by atoms with Gasteiger partial charge >= 0.3 is 5.69 Å². The van der Waals surface area contributed by atoms with Crippen molar-refractivity contribution in [2.75, 3.05) is 6.61 Å². The Labute approximate surface area is 103 Å². The highest BCUT2D eigenvalue weighted by Gasteiger charge is 2.21. The molecule has 0 aromatic heterocycles. The van der Waals surface area contributed by atoms with E-state index in [4.69, 9.17) is 16.3 Å². The van der Waals surface area contributed by atoms with Crippen molar-refractivity contribution >= 4 is 23.6 Å². The third-order valence-corrected chi connectivity index (χ3v) is 2.17. The van der Waals surface area contributed by atoms with Gasteiger partial charge in [-0.3, -0.25) is 14.9 Å². The van der Waals surface area contributed by atoms with Gasteiger partial charge in [0, 0.05) is 11.1 Å². The summed E-state index contributed by atoms with van der Waals surface area (Å²) in [5, 5.41) is 11.0. The number of hydrogen-bond acceptors (Lipinski definition) is 4. The minimum Gasteiger partial charge on any atom is -0.486 e. The number of nitro benzene ring substituents is 1. The van der Waals surface area contributed by atoms with Crippen LogP contribution in [0.1, 0.15) is 24.2 Å². The van der Waals surface area contributed by atoms with E-state index in [0.717, 1.165) is 0 Å². The van der Waals surface area contributed by atoms with Crippen molar-refractivity contribution < 1.29 is 14.5 Å². The van der Waals surface area contributed by atoms with Crippen LogP contribution in [0.25, 0.3) is 0 Å². The lowest BCUT2D eigenvalue weighted by atomic mass is 10.2. The third kappa shape index (κ3) is 3.42. The lowest BCUT2D eigenvalue weighted by Gasteiger charge is -2.11. The normalized spacial score (nSPS) is 10.4. The number of halogens is 1. The van der Waals surface area contributed by atoms with Crippen LogP contribution in [0.5, 0.6) is 5.75 Å². The number of benzene rings is 1. The Morgan fingerprint density at radius 1 is 1.53 bits per heavy atom. The van der Waals surface area contributed by atoms with Crippen molar-refractivity contribution in [2.45, 2.75) is 13.8 Å². The molecular formula is C11H12ClNO4. The summed E-state index contributed by atoms with van der Waals surface area (Å²) in [4.78, 5) is 21.1. The number of nitrogens with zero attached hydrogens (tertiary/aromatic N) is 1. The summed E-state index contributed by atoms with van der Waals surface area (Å²) in [6, 6.07) is 2.52. The highest BCUT2D eigenvalue weighted by atomic mass is 35.5. The molecule has 0 saturated carbocycles. The first-order valence-electron chi connectivity index (χ1n) is 5.01. The Morgan fingerprint density at radius 2 is 2.18 bits per heavy atom. The fraction of sp³-hybridized carbons (Fsp3) is 0.364. The molecule has 0 amide bonds. The molecule has 0 fully saturated rings. The van der Waals surface area contributed by atoms with E-state index >= 15 is 0 Å². The van der Waals surface area contributed by atoms with Crippen LogP contribution in [0.15, 0.2) is 12.1 Å². The maximum atomic E-state index is 10.8. The molecule has 0 aliphatic carbocycles. The molecule has 17 heavy (non-hydrogen) atoms. The maximum absolute atomic E-state index is 10.8. The molecule has 0 N–H and O–H groups in total. The Kier molecular flexibility index (Phi) is 4.45. The molecule has 0 atom stereocenters. The first-order valence-corrected chi connectivity index (χ1v) is 5.39. The van der Waals surface area contributed by atoms with Gasteiger partial charge in [0.25, 0.3) is 0 Å². The Hall–Kier alpha value is -1.62. The van der Waals surface area contributed by atoms with Crippen LogP contribution < -0.4 is 4.74 Å². The van der Waals surface area contributed by atoms with Crippen LogP contribution in [0.3, 0.4) is 0 Å². The zero-order valence-electron chi connectivity index (χ0n) is 9.47. The highest BCUT2D eigenvalue weighted by Crippen LogP contribution is 2.33. The first-order chi connectivity index (χ1) is 7.95. The lowest BCUT2D eigenvalue weighted by molar-refractivity contribution is -0.385. The fourth-order valence-corrected chi connectivity index (χ4v) is 1.45. The molecule has 5 nitrogen and oxygen atoms in total. The fourth-order valence-electron chi connectivity index (χ4n) is 1.23. The Bertz CT molecular complexity index is 445. The highest BCUT2D eigenvalue weighted by molar-refractivity contribution is 6.31. The van der Waals surface area contributed by atoms with Gasteiger partial charge in [-0.2, -0.15) is 0 Å². The van der Waals surface area contributed by atoms with Crippen molar-refractivity contribution in [3.05, 3.63) is 32.8 Å². The minimum atomic E-state index is -0.617. The Balaban J connectivity index is 3.21. The summed E-state index contributed by atoms with van der Waals surface area (Å²) < 4.78 is 5.31. The summed E-state index contributed by atoms with van der Waals surface area (Å²) in [7, 11) is 0. The van der Waals surface area contributed by atoms with Crippen LogP contribution in [0, 0.1) is 16.0 Å². The van der Waals surface area contributed by atoms with Gasteiger partial charge in [-0.25, -0.2) is 0 Å². The molecule has 0 spiro atoms. The van der Waals surface area contributed by atoms with Gasteiger partial charge in [0.15, 0.2) is 6.29 Å². The number of hydrogen-bond donors (Lipinski definition) is 0. The second-order valence-corrected chi connectivity index (χ2v) is 4.36. The van der Waals surface area contributed by atoms with Gasteiger partial charge in [-0.05, 0) is 12.0 Å². The van der Waals surface area contributed by atoms with E-state index in [0.29, 0.717) is 12.9 Å². The number of ether oxygens (including phenoxy) is 1. The first kappa shape index (κ1) is 13.4. The van der Waals surface area contributed by atoms with Crippen molar-refractivity contribution in [3.8, 4) is 5.75 Å². The predicted molar refractivity (Wildman–Crippen MR) is 63.8 cm³/mol. The lowest BCUT2D eigenvalue weighted by Crippen LogP contribution is -2.08. The molecule has 0 saturated heterocycles. The molecule has 0 bridgehead atoms. The van der Waals surface area contributed by atoms with Crippen molar-refractivity contribution in [3.63, 3.8) is 0 Å². The second-order valence-electron chi connectivity index (χ2n) is 3.92. The number of rotatable bonds is 5. The van der Waals surface area contributed by atoms with Crippen LogP contribution >= 0.6 is 11.6 Å². The molecule has 1 rings (SSSR count). The SMILES string of the molecule is CC(C)COc1c(C=O)cc(Cl)cc1[N+](=O)[O-]. The Morgan fingerprint density at radius 3 is 2.65 bits per heavy atom. The number of aldehydes is 1. The smallest absolute Gasteiger partial charge is 0.313 e. The number of carbonyl (C=O) groups excluding carboxylic acids is 1. The molecular weight excluding hydrogens is 246 g/mol. The monoisotopic (exact) mass is 257 g/mol. The van der Waals surface area contributed by atoms with Gasteiger partial charge in [0.05, 0.1) is 17.1 Å². The van der Waals surface area contributed by atoms with E-state index in [1.165, 1.54) is 12.1 Å². The molecule has 0 aliphatic rings. The van der Waals surface area contributed by atoms with E-state index in [9.17, 15) is 14.9 Å². The van der Waals surface area contributed by atoms with Gasteiger partial charge in [0.1, 0.15) is 0 Å². The molecule has 92 valence electrons. The van der Waals surface area contributed by atoms with Crippen molar-refractivity contribution in [2.24, 2.45) is 5.92 Å². The quantitative estimate of drug-likeness (QED) is 0.462. The summed E-state index contributed by atoms with van der Waals surface area (Å²) in [5.41, 5.74) is -0.204. The van der Waals surface area contributed by atoms with E-state index in [2.05, 4.69) is 0 Å². The van der Waals surface area contributed by atoms with E-state index < -0.39 is 4.92 Å². The number of carbonyl (C=O) groups is 1. The van der Waals surface area contributed by atoms with Gasteiger partial charge < -0.3 is 4.74 Å². The molecule has 6 heteroatoms. The minimum absolute atomic E-state index is 0.0249. The summed E-state index contributed by atoms with van der Waals surface area (Å²) in [5.74, 6) is 0.174. The molecule has 1 aromatic rings. The van der Waals surface area contributed by atoms with Gasteiger partial charge in [-0.15, -0.1) is 0 Å². The van der Waals surface area contributed by atoms with E-state index in [1.807, 2.05) is 13.8 Å². The van der Waals surface area contributed by atoms with E-state index in [-0.39, 0.29) is 27.9 Å². The average molecular weight is 258 g/mol. The van der Waals surface area contributed by atoms with Gasteiger partial charge in [-0.1, -0.05) is 25.4 Å². The van der Waals surface area contributed by atoms with Crippen LogP contribution in [-0.4, -0.2) is 17.8 Å². The van der Waals surface area contributed by atoms with Crippen LogP contribution in [0.2, 0.25) is 5.02 Å². The van der Waals surface area contributed by atoms with Crippen LogP contribution in [0.4, 0.5) is 5.69 Å². The summed E-state index contributed by atoms with van der Waals surface area (Å²) >= 11 is 5.69. The molecule has 0 radical (unpaired) electrons. The topological polar surface area (TPSA) is 69.4 Å². The van der Waals surface area contributed by atoms with Crippen LogP contribution in [-0.2, 0) is 0 Å². The third-order valence-electron chi connectivity index (χ3n) is 1.95.